The van der Waals surface area contributed by atoms with E-state index < -0.39 is 23.4 Å². The number of benzene rings is 1. The fourth-order valence-corrected chi connectivity index (χ4v) is 3.84. The number of urea groups is 1. The van der Waals surface area contributed by atoms with E-state index in [1.165, 1.54) is 7.11 Å². The molecule has 2 heterocycles. The zero-order chi connectivity index (χ0) is 22.6. The molecule has 1 unspecified atom stereocenters. The molecule has 5 amide bonds. The summed E-state index contributed by atoms with van der Waals surface area (Å²) in [6.45, 7) is 5.87. The predicted octanol–water partition coefficient (Wildman–Crippen LogP) is 0.438. The highest BCUT2D eigenvalue weighted by molar-refractivity contribution is 6.08. The molecule has 2 fully saturated rings. The SMILES string of the molecule is CCC(=O)N1CCCN(CC(=O)NN2C(=O)NC(C)(c3cccc(OC)c3)C2=O)CC1. The van der Waals surface area contributed by atoms with Crippen LogP contribution in [-0.2, 0) is 19.9 Å². The predicted molar refractivity (Wildman–Crippen MR) is 112 cm³/mol. The van der Waals surface area contributed by atoms with Crippen LogP contribution in [0.5, 0.6) is 5.75 Å². The van der Waals surface area contributed by atoms with Crippen LogP contribution in [0.1, 0.15) is 32.3 Å². The Hall–Kier alpha value is -3.14. The van der Waals surface area contributed by atoms with Crippen LogP contribution in [0, 0.1) is 0 Å². The highest BCUT2D eigenvalue weighted by Gasteiger charge is 2.50. The first-order chi connectivity index (χ1) is 14.8. The summed E-state index contributed by atoms with van der Waals surface area (Å²) in [5.41, 5.74) is 1.66. The highest BCUT2D eigenvalue weighted by Crippen LogP contribution is 2.30. The molecule has 10 nitrogen and oxygen atoms in total. The van der Waals surface area contributed by atoms with Gasteiger partial charge in [0.1, 0.15) is 11.3 Å². The molecule has 0 aliphatic carbocycles. The van der Waals surface area contributed by atoms with E-state index in [4.69, 9.17) is 4.74 Å². The molecular weight excluding hydrogens is 402 g/mol. The maximum absolute atomic E-state index is 13.0. The molecule has 1 atom stereocenters. The second-order valence-electron chi connectivity index (χ2n) is 7.83. The summed E-state index contributed by atoms with van der Waals surface area (Å²) in [4.78, 5) is 53.6. The van der Waals surface area contributed by atoms with Crippen LogP contribution in [0.2, 0.25) is 0 Å². The van der Waals surface area contributed by atoms with Crippen molar-refractivity contribution in [3.05, 3.63) is 29.8 Å². The lowest BCUT2D eigenvalue weighted by atomic mass is 9.92. The second-order valence-corrected chi connectivity index (χ2v) is 7.83. The quantitative estimate of drug-likeness (QED) is 0.633. The van der Waals surface area contributed by atoms with Crippen LogP contribution >= 0.6 is 0 Å². The van der Waals surface area contributed by atoms with Gasteiger partial charge in [0.15, 0.2) is 0 Å². The van der Waals surface area contributed by atoms with Gasteiger partial charge in [0.05, 0.1) is 13.7 Å². The number of carbonyl (C=O) groups excluding carboxylic acids is 4. The average molecular weight is 431 g/mol. The topological polar surface area (TPSA) is 111 Å². The van der Waals surface area contributed by atoms with Gasteiger partial charge in [-0.05, 0) is 31.0 Å². The minimum absolute atomic E-state index is 0.0289. The second kappa shape index (κ2) is 9.34. The first-order valence-corrected chi connectivity index (χ1v) is 10.4. The summed E-state index contributed by atoms with van der Waals surface area (Å²) in [5, 5.41) is 3.38. The number of ether oxygens (including phenoxy) is 1. The molecular formula is C21H29N5O5. The molecule has 2 aliphatic heterocycles. The Morgan fingerprint density at radius 3 is 2.68 bits per heavy atom. The van der Waals surface area contributed by atoms with E-state index in [-0.39, 0.29) is 12.5 Å². The van der Waals surface area contributed by atoms with Crippen LogP contribution in [0.15, 0.2) is 24.3 Å². The summed E-state index contributed by atoms with van der Waals surface area (Å²) in [7, 11) is 1.52. The van der Waals surface area contributed by atoms with Crippen LogP contribution in [-0.4, -0.2) is 78.4 Å². The minimum atomic E-state index is -1.32. The number of nitrogens with zero attached hydrogens (tertiary/aromatic N) is 3. The lowest BCUT2D eigenvalue weighted by Crippen LogP contribution is -2.51. The molecule has 0 aromatic heterocycles. The standard InChI is InChI=1S/C21H29N5O5/c1-4-18(28)25-10-6-9-24(11-12-25)14-17(27)23-26-19(29)21(2,22-20(26)30)15-7-5-8-16(13-15)31-3/h5,7-8,13H,4,6,9-12,14H2,1-3H3,(H,22,30)(H,23,27). The van der Waals surface area contributed by atoms with Gasteiger partial charge in [-0.1, -0.05) is 19.1 Å². The first kappa shape index (κ1) is 22.5. The maximum atomic E-state index is 13.0. The van der Waals surface area contributed by atoms with Gasteiger partial charge in [-0.3, -0.25) is 24.7 Å². The Morgan fingerprint density at radius 2 is 1.97 bits per heavy atom. The number of amides is 5. The average Bonchev–Trinajstić information content (AvgIpc) is 2.93. The lowest BCUT2D eigenvalue weighted by Gasteiger charge is -2.24. The van der Waals surface area contributed by atoms with Gasteiger partial charge >= 0.3 is 6.03 Å². The van der Waals surface area contributed by atoms with E-state index in [0.29, 0.717) is 43.9 Å². The highest BCUT2D eigenvalue weighted by atomic mass is 16.5. The Labute approximate surface area is 181 Å². The zero-order valence-electron chi connectivity index (χ0n) is 18.1. The molecule has 2 N–H and O–H groups in total. The van der Waals surface area contributed by atoms with Gasteiger partial charge in [-0.15, -0.1) is 0 Å². The van der Waals surface area contributed by atoms with E-state index in [2.05, 4.69) is 10.7 Å². The molecule has 1 aromatic carbocycles. The molecule has 0 spiro atoms. The summed E-state index contributed by atoms with van der Waals surface area (Å²) in [6, 6.07) is 6.16. The zero-order valence-corrected chi connectivity index (χ0v) is 18.1. The van der Waals surface area contributed by atoms with E-state index in [9.17, 15) is 19.2 Å². The Kier molecular flexibility index (Phi) is 6.79. The molecule has 0 radical (unpaired) electrons. The molecule has 10 heteroatoms. The third-order valence-corrected chi connectivity index (χ3v) is 5.69. The maximum Gasteiger partial charge on any atom is 0.344 e. The number of hydrogen-bond donors (Lipinski definition) is 2. The van der Waals surface area contributed by atoms with Crippen molar-refractivity contribution in [3.63, 3.8) is 0 Å². The van der Waals surface area contributed by atoms with Crippen molar-refractivity contribution in [3.8, 4) is 5.75 Å². The Balaban J connectivity index is 1.62. The van der Waals surface area contributed by atoms with E-state index >= 15 is 0 Å². The van der Waals surface area contributed by atoms with E-state index in [0.717, 1.165) is 11.4 Å². The van der Waals surface area contributed by atoms with Crippen molar-refractivity contribution in [1.82, 2.24) is 25.6 Å². The molecule has 2 saturated heterocycles. The van der Waals surface area contributed by atoms with Crippen LogP contribution in [0.3, 0.4) is 0 Å². The molecule has 168 valence electrons. The number of nitrogens with one attached hydrogen (secondary N) is 2. The van der Waals surface area contributed by atoms with Crippen molar-refractivity contribution in [1.29, 1.82) is 0 Å². The van der Waals surface area contributed by atoms with Crippen LogP contribution < -0.4 is 15.5 Å². The number of methoxy groups -OCH3 is 1. The molecule has 1 aromatic rings. The molecule has 31 heavy (non-hydrogen) atoms. The van der Waals surface area contributed by atoms with Crippen LogP contribution in [0.4, 0.5) is 4.79 Å². The number of hydrazine groups is 1. The van der Waals surface area contributed by atoms with Gasteiger partial charge in [-0.2, -0.15) is 5.01 Å². The monoisotopic (exact) mass is 431 g/mol. The number of hydrogen-bond acceptors (Lipinski definition) is 6. The van der Waals surface area contributed by atoms with Crippen molar-refractivity contribution < 1.29 is 23.9 Å². The number of rotatable bonds is 6. The lowest BCUT2D eigenvalue weighted by molar-refractivity contribution is -0.139. The van der Waals surface area contributed by atoms with Gasteiger partial charge in [0.25, 0.3) is 11.8 Å². The van der Waals surface area contributed by atoms with Crippen LogP contribution in [0.25, 0.3) is 0 Å². The minimum Gasteiger partial charge on any atom is -0.497 e. The normalized spacial score (nSPS) is 22.2. The van der Waals surface area contributed by atoms with Crippen molar-refractivity contribution in [2.45, 2.75) is 32.2 Å². The van der Waals surface area contributed by atoms with Crippen molar-refractivity contribution in [2.24, 2.45) is 0 Å². The third-order valence-electron chi connectivity index (χ3n) is 5.69. The first-order valence-electron chi connectivity index (χ1n) is 10.4. The van der Waals surface area contributed by atoms with Gasteiger partial charge < -0.3 is 15.0 Å². The van der Waals surface area contributed by atoms with Gasteiger partial charge in [0, 0.05) is 32.6 Å². The summed E-state index contributed by atoms with van der Waals surface area (Å²) < 4.78 is 5.20. The smallest absolute Gasteiger partial charge is 0.344 e. The van der Waals surface area contributed by atoms with E-state index in [1.54, 1.807) is 36.1 Å². The molecule has 0 saturated carbocycles. The fourth-order valence-electron chi connectivity index (χ4n) is 3.84. The Bertz CT molecular complexity index is 875. The van der Waals surface area contributed by atoms with Gasteiger partial charge in [0.2, 0.25) is 5.91 Å². The molecule has 0 bridgehead atoms. The molecule has 3 rings (SSSR count). The molecule has 2 aliphatic rings. The Morgan fingerprint density at radius 1 is 1.19 bits per heavy atom. The third kappa shape index (κ3) is 4.79. The van der Waals surface area contributed by atoms with Gasteiger partial charge in [-0.25, -0.2) is 4.79 Å². The fraction of sp³-hybridized carbons (Fsp3) is 0.524. The number of imide groups is 1. The number of carbonyl (C=O) groups is 4. The summed E-state index contributed by atoms with van der Waals surface area (Å²) >= 11 is 0. The van der Waals surface area contributed by atoms with Crippen molar-refractivity contribution >= 4 is 23.8 Å². The largest absolute Gasteiger partial charge is 0.497 e. The summed E-state index contributed by atoms with van der Waals surface area (Å²) in [5.74, 6) is -0.383. The van der Waals surface area contributed by atoms with Crippen molar-refractivity contribution in [2.75, 3.05) is 39.8 Å². The van der Waals surface area contributed by atoms with E-state index in [1.807, 2.05) is 11.8 Å². The summed E-state index contributed by atoms with van der Waals surface area (Å²) in [6.07, 6.45) is 1.22.